The highest BCUT2D eigenvalue weighted by Crippen LogP contribution is 2.54. The third-order valence-electron chi connectivity index (χ3n) is 6.70. The Kier molecular flexibility index (Phi) is 17.9. The van der Waals surface area contributed by atoms with Crippen LogP contribution in [0.1, 0.15) is 124 Å². The topological polar surface area (TPSA) is 80.4 Å². The van der Waals surface area contributed by atoms with Crippen molar-refractivity contribution in [3.63, 3.8) is 0 Å². The first kappa shape index (κ1) is 40.4. The van der Waals surface area contributed by atoms with Crippen molar-refractivity contribution in [3.05, 3.63) is 0 Å². The average molecular weight is 612 g/mol. The molecule has 14 heteroatoms. The molecule has 1 atom stereocenters. The van der Waals surface area contributed by atoms with Gasteiger partial charge in [0.25, 0.3) is 0 Å². The van der Waals surface area contributed by atoms with Gasteiger partial charge in [-0.2, -0.15) is 47.9 Å². The molecule has 0 aromatic carbocycles. The Morgan fingerprint density at radius 3 is 1.21 bits per heavy atom. The fourth-order valence-electron chi connectivity index (χ4n) is 3.54. The van der Waals surface area contributed by atoms with E-state index in [2.05, 4.69) is 27.7 Å². The summed E-state index contributed by atoms with van der Waals surface area (Å²) >= 11 is 0. The number of alkyl halides is 9. The van der Waals surface area contributed by atoms with E-state index in [0.29, 0.717) is 5.92 Å². The van der Waals surface area contributed by atoms with Crippen LogP contribution in [-0.2, 0) is 10.1 Å². The highest BCUT2D eigenvalue weighted by molar-refractivity contribution is 7.87. The van der Waals surface area contributed by atoms with Gasteiger partial charge in [0, 0.05) is 5.54 Å². The lowest BCUT2D eigenvalue weighted by Crippen LogP contribution is -2.63. The van der Waals surface area contributed by atoms with Gasteiger partial charge in [-0.15, -0.1) is 0 Å². The van der Waals surface area contributed by atoms with Gasteiger partial charge in [0.05, 0.1) is 0 Å². The Balaban J connectivity index is 0. The van der Waals surface area contributed by atoms with E-state index in [9.17, 15) is 47.9 Å². The van der Waals surface area contributed by atoms with E-state index in [1.165, 1.54) is 96.3 Å². The maximum absolute atomic E-state index is 12.2. The van der Waals surface area contributed by atoms with Gasteiger partial charge in [0.2, 0.25) is 0 Å². The maximum atomic E-state index is 12.2. The number of hydrogen-bond acceptors (Lipinski definition) is 3. The van der Waals surface area contributed by atoms with Gasteiger partial charge in [0.1, 0.15) is 0 Å². The van der Waals surface area contributed by atoms with Gasteiger partial charge >= 0.3 is 33.4 Å². The quantitative estimate of drug-likeness (QED) is 0.0866. The lowest BCUT2D eigenvalue weighted by Gasteiger charge is -2.31. The lowest BCUT2D eigenvalue weighted by molar-refractivity contribution is -0.382. The molecule has 238 valence electrons. The second-order valence-corrected chi connectivity index (χ2v) is 12.2. The van der Waals surface area contributed by atoms with Gasteiger partial charge in [-0.1, -0.05) is 104 Å². The standard InChI is InChI=1S/C21H45N.C4HF9O3S/c1-5-6-7-8-9-10-11-12-13-14-15-16-17-18-19-20(2)21(3,4)22;5-1(6,3(9,10)11)2(7,8)4(12,13)17(14,15)16/h20H,5-19,22H2,1-4H3;(H,14,15,16). The van der Waals surface area contributed by atoms with Crippen LogP contribution in [0, 0.1) is 5.92 Å². The Hall–Kier alpha value is -0.760. The Morgan fingerprint density at radius 1 is 0.641 bits per heavy atom. The van der Waals surface area contributed by atoms with Gasteiger partial charge in [-0.05, 0) is 26.2 Å². The van der Waals surface area contributed by atoms with Crippen LogP contribution in [0.4, 0.5) is 39.5 Å². The Morgan fingerprint density at radius 2 is 0.949 bits per heavy atom. The van der Waals surface area contributed by atoms with Crippen LogP contribution < -0.4 is 5.73 Å². The first-order chi connectivity index (χ1) is 17.5. The average Bonchev–Trinajstić information content (AvgIpc) is 2.77. The molecule has 0 radical (unpaired) electrons. The van der Waals surface area contributed by atoms with E-state index in [1.54, 1.807) is 0 Å². The molecule has 0 aliphatic carbocycles. The second kappa shape index (κ2) is 17.3. The number of nitrogens with two attached hydrogens (primary N) is 1. The van der Waals surface area contributed by atoms with Crippen molar-refractivity contribution in [2.75, 3.05) is 0 Å². The van der Waals surface area contributed by atoms with Crippen molar-refractivity contribution in [2.24, 2.45) is 11.7 Å². The van der Waals surface area contributed by atoms with Crippen molar-refractivity contribution >= 4 is 10.1 Å². The van der Waals surface area contributed by atoms with Gasteiger partial charge in [-0.25, -0.2) is 0 Å². The highest BCUT2D eigenvalue weighted by Gasteiger charge is 2.85. The molecule has 0 fully saturated rings. The molecule has 3 N–H and O–H groups in total. The van der Waals surface area contributed by atoms with Crippen LogP contribution in [0.2, 0.25) is 0 Å². The van der Waals surface area contributed by atoms with E-state index >= 15 is 0 Å². The van der Waals surface area contributed by atoms with Gasteiger partial charge < -0.3 is 5.73 Å². The van der Waals surface area contributed by atoms with Crippen molar-refractivity contribution < 1.29 is 52.5 Å². The molecule has 0 rings (SSSR count). The second-order valence-electron chi connectivity index (χ2n) is 10.7. The zero-order valence-electron chi connectivity index (χ0n) is 23.3. The summed E-state index contributed by atoms with van der Waals surface area (Å²) in [6.07, 6.45) is 14.3. The highest BCUT2D eigenvalue weighted by atomic mass is 32.2. The minimum absolute atomic E-state index is 0.00343. The maximum Gasteiger partial charge on any atom is 0.460 e. The van der Waals surface area contributed by atoms with Crippen LogP contribution >= 0.6 is 0 Å². The molecule has 0 saturated heterocycles. The van der Waals surface area contributed by atoms with Gasteiger partial charge in [0.15, 0.2) is 0 Å². The summed E-state index contributed by atoms with van der Waals surface area (Å²) in [5.74, 6) is -14.1. The smallest absolute Gasteiger partial charge is 0.325 e. The van der Waals surface area contributed by atoms with Crippen molar-refractivity contribution in [1.29, 1.82) is 0 Å². The molecule has 0 aliphatic rings. The third kappa shape index (κ3) is 14.1. The molecular formula is C25H46F9NO3S. The molecule has 39 heavy (non-hydrogen) atoms. The molecular weight excluding hydrogens is 565 g/mol. The first-order valence-corrected chi connectivity index (χ1v) is 14.9. The van der Waals surface area contributed by atoms with Crippen LogP contribution in [0.15, 0.2) is 0 Å². The minimum atomic E-state index is -7.37. The summed E-state index contributed by atoms with van der Waals surface area (Å²) in [4.78, 5) is 0. The molecule has 1 unspecified atom stereocenters. The fourth-order valence-corrected chi connectivity index (χ4v) is 3.99. The van der Waals surface area contributed by atoms with Crippen molar-refractivity contribution in [3.8, 4) is 0 Å². The van der Waals surface area contributed by atoms with E-state index in [1.807, 2.05) is 0 Å². The predicted molar refractivity (Wildman–Crippen MR) is 135 cm³/mol. The summed E-state index contributed by atoms with van der Waals surface area (Å²) in [5, 5.41) is -7.00. The van der Waals surface area contributed by atoms with Crippen LogP contribution in [0.5, 0.6) is 0 Å². The SMILES string of the molecule is CCCCCCCCCCCCCCCCC(C)C(C)(C)N.O=S(=O)(O)C(F)(F)C(F)(F)C(F)(F)C(F)(F)F. The molecule has 0 aromatic rings. The van der Waals surface area contributed by atoms with E-state index in [-0.39, 0.29) is 5.54 Å². The van der Waals surface area contributed by atoms with E-state index in [4.69, 9.17) is 10.3 Å². The Bertz CT molecular complexity index is 753. The van der Waals surface area contributed by atoms with Crippen LogP contribution in [-0.4, -0.2) is 41.8 Å². The zero-order valence-corrected chi connectivity index (χ0v) is 24.2. The van der Waals surface area contributed by atoms with E-state index in [0.717, 1.165) is 0 Å². The minimum Gasteiger partial charge on any atom is -0.325 e. The van der Waals surface area contributed by atoms with Crippen molar-refractivity contribution in [2.45, 2.75) is 153 Å². The summed E-state index contributed by atoms with van der Waals surface area (Å²) < 4.78 is 134. The molecule has 0 spiro atoms. The zero-order chi connectivity index (χ0) is 31.2. The van der Waals surface area contributed by atoms with Crippen molar-refractivity contribution in [1.82, 2.24) is 0 Å². The molecule has 0 bridgehead atoms. The van der Waals surface area contributed by atoms with Gasteiger partial charge in [-0.3, -0.25) is 4.55 Å². The van der Waals surface area contributed by atoms with Crippen LogP contribution in [0.3, 0.4) is 0 Å². The molecule has 0 aliphatic heterocycles. The van der Waals surface area contributed by atoms with E-state index < -0.39 is 33.4 Å². The summed E-state index contributed by atoms with van der Waals surface area (Å²) in [6, 6.07) is 0. The molecule has 0 amide bonds. The molecule has 4 nitrogen and oxygen atoms in total. The van der Waals surface area contributed by atoms with Crippen LogP contribution in [0.25, 0.3) is 0 Å². The monoisotopic (exact) mass is 611 g/mol. The number of unbranched alkanes of at least 4 members (excludes halogenated alkanes) is 13. The number of rotatable bonds is 19. The normalized spacial score (nSPS) is 14.6. The fraction of sp³-hybridized carbons (Fsp3) is 1.00. The summed E-state index contributed by atoms with van der Waals surface area (Å²) in [7, 11) is -7.17. The summed E-state index contributed by atoms with van der Waals surface area (Å²) in [6.45, 7) is 8.89. The lowest BCUT2D eigenvalue weighted by atomic mass is 9.86. The number of halogens is 9. The molecule has 0 heterocycles. The summed E-state index contributed by atoms with van der Waals surface area (Å²) in [5.41, 5.74) is 6.13. The first-order valence-electron chi connectivity index (χ1n) is 13.4. The number of hydrogen-bond donors (Lipinski definition) is 2. The third-order valence-corrected chi connectivity index (χ3v) is 7.60. The Labute approximate surface area is 227 Å². The molecule has 0 saturated carbocycles. The largest absolute Gasteiger partial charge is 0.460 e. The molecule has 0 aromatic heterocycles. The predicted octanol–water partition coefficient (Wildman–Crippen LogP) is 9.53.